The number of aromatic amines is 1. The van der Waals surface area contributed by atoms with Gasteiger partial charge < -0.3 is 9.88 Å². The number of nitrogens with one attached hydrogen (secondary N) is 2. The molecule has 2 aromatic rings. The van der Waals surface area contributed by atoms with Crippen LogP contribution in [0, 0.1) is 6.92 Å². The highest BCUT2D eigenvalue weighted by molar-refractivity contribution is 6.32. The van der Waals surface area contributed by atoms with Crippen molar-refractivity contribution in [1.29, 1.82) is 0 Å². The van der Waals surface area contributed by atoms with E-state index in [0.29, 0.717) is 23.0 Å². The molecular formula is C23H30N6O. The van der Waals surface area contributed by atoms with Crippen LogP contribution in [0.1, 0.15) is 67.4 Å². The van der Waals surface area contributed by atoms with E-state index in [-0.39, 0.29) is 5.91 Å². The first kappa shape index (κ1) is 20.5. The summed E-state index contributed by atoms with van der Waals surface area (Å²) in [7, 11) is 0. The monoisotopic (exact) mass is 406 g/mol. The number of aryl methyl sites for hydroxylation is 1. The Kier molecular flexibility index (Phi) is 6.08. The first-order valence-electron chi connectivity index (χ1n) is 10.9. The normalized spacial score (nSPS) is 18.5. The van der Waals surface area contributed by atoms with Gasteiger partial charge in [-0.15, -0.1) is 0 Å². The molecule has 7 nitrogen and oxygen atoms in total. The lowest BCUT2D eigenvalue weighted by atomic mass is 9.93. The molecule has 0 unspecified atom stereocenters. The topological polar surface area (TPSA) is 86.3 Å². The van der Waals surface area contributed by atoms with Crippen LogP contribution >= 0.6 is 0 Å². The van der Waals surface area contributed by atoms with Crippen LogP contribution in [-0.2, 0) is 11.2 Å². The zero-order chi connectivity index (χ0) is 21.1. The van der Waals surface area contributed by atoms with E-state index in [0.717, 1.165) is 25.1 Å². The number of H-pyrrole nitrogens is 1. The first-order valence-corrected chi connectivity index (χ1v) is 10.9. The molecular weight excluding hydrogens is 376 g/mol. The fraction of sp³-hybridized carbons (Fsp3) is 0.478. The molecule has 0 aromatic carbocycles. The van der Waals surface area contributed by atoms with Gasteiger partial charge in [-0.2, -0.15) is 5.10 Å². The fourth-order valence-corrected chi connectivity index (χ4v) is 4.50. The predicted octanol–water partition coefficient (Wildman–Crippen LogP) is 3.18. The minimum atomic E-state index is -0.227. The summed E-state index contributed by atoms with van der Waals surface area (Å²) in [5.41, 5.74) is 8.36. The van der Waals surface area contributed by atoms with Crippen molar-refractivity contribution in [3.63, 3.8) is 0 Å². The standard InChI is InChI=1S/C23H30N6O/c1-15(2)20-17(8-6-13-29-11-4-5-12-29)16(3)26-19(20)14-18-21(27-28-23(18)30)22-24-9-7-10-25-22/h7,9-10,14-15,26H,4-6,8,11-13H2,1-3H3,(H,28,30)/b18-14+. The largest absolute Gasteiger partial charge is 0.359 e. The summed E-state index contributed by atoms with van der Waals surface area (Å²) in [6.07, 6.45) is 10.1. The molecule has 2 aliphatic rings. The SMILES string of the molecule is Cc1[nH]c(/C=C2/C(=O)NN=C2c2ncccn2)c(C(C)C)c1CCCN1CCCC1. The van der Waals surface area contributed by atoms with Gasteiger partial charge in [0.1, 0.15) is 5.71 Å². The molecule has 1 saturated heterocycles. The number of amides is 1. The maximum atomic E-state index is 12.5. The Balaban J connectivity index is 1.61. The third kappa shape index (κ3) is 4.21. The highest BCUT2D eigenvalue weighted by atomic mass is 16.2. The van der Waals surface area contributed by atoms with Gasteiger partial charge in [0.2, 0.25) is 0 Å². The number of carbonyl (C=O) groups excluding carboxylic acids is 1. The number of hydrogen-bond donors (Lipinski definition) is 2. The molecule has 0 bridgehead atoms. The lowest BCUT2D eigenvalue weighted by molar-refractivity contribution is -0.116. The highest BCUT2D eigenvalue weighted by Gasteiger charge is 2.27. The van der Waals surface area contributed by atoms with Crippen LogP contribution in [0.4, 0.5) is 0 Å². The Bertz CT molecular complexity index is 967. The summed E-state index contributed by atoms with van der Waals surface area (Å²) in [5, 5.41) is 4.17. The Morgan fingerprint density at radius 2 is 1.93 bits per heavy atom. The van der Waals surface area contributed by atoms with Gasteiger partial charge in [0.25, 0.3) is 5.91 Å². The molecule has 1 amide bonds. The molecule has 1 fully saturated rings. The Morgan fingerprint density at radius 3 is 2.63 bits per heavy atom. The van der Waals surface area contributed by atoms with Gasteiger partial charge in [-0.25, -0.2) is 15.4 Å². The summed E-state index contributed by atoms with van der Waals surface area (Å²) >= 11 is 0. The van der Waals surface area contributed by atoms with Crippen molar-refractivity contribution in [3.05, 3.63) is 52.4 Å². The van der Waals surface area contributed by atoms with Crippen molar-refractivity contribution in [2.45, 2.75) is 52.4 Å². The van der Waals surface area contributed by atoms with Gasteiger partial charge in [0.05, 0.1) is 5.57 Å². The average Bonchev–Trinajstić information content (AvgIpc) is 3.44. The van der Waals surface area contributed by atoms with E-state index < -0.39 is 0 Å². The molecule has 4 heterocycles. The van der Waals surface area contributed by atoms with Gasteiger partial charge >= 0.3 is 0 Å². The second kappa shape index (κ2) is 8.92. The van der Waals surface area contributed by atoms with Crippen LogP contribution in [0.25, 0.3) is 6.08 Å². The third-order valence-electron chi connectivity index (χ3n) is 5.90. The third-order valence-corrected chi connectivity index (χ3v) is 5.90. The summed E-state index contributed by atoms with van der Waals surface area (Å²) in [5.74, 6) is 0.568. The first-order chi connectivity index (χ1) is 14.5. The molecule has 158 valence electrons. The number of likely N-dealkylation sites (tertiary alicyclic amines) is 1. The van der Waals surface area contributed by atoms with E-state index in [1.54, 1.807) is 18.5 Å². The molecule has 30 heavy (non-hydrogen) atoms. The number of rotatable bonds is 7. The molecule has 0 saturated carbocycles. The van der Waals surface area contributed by atoms with Gasteiger partial charge in [-0.1, -0.05) is 13.8 Å². The van der Waals surface area contributed by atoms with Crippen molar-refractivity contribution in [2.24, 2.45) is 5.10 Å². The molecule has 7 heteroatoms. The van der Waals surface area contributed by atoms with E-state index >= 15 is 0 Å². The molecule has 0 atom stereocenters. The van der Waals surface area contributed by atoms with Crippen LogP contribution < -0.4 is 5.43 Å². The number of aromatic nitrogens is 3. The minimum Gasteiger partial charge on any atom is -0.359 e. The van der Waals surface area contributed by atoms with Crippen molar-refractivity contribution >= 4 is 17.7 Å². The van der Waals surface area contributed by atoms with Crippen LogP contribution in [-0.4, -0.2) is 51.1 Å². The number of carbonyl (C=O) groups is 1. The molecule has 4 rings (SSSR count). The van der Waals surface area contributed by atoms with E-state index in [1.807, 2.05) is 6.08 Å². The Hall–Kier alpha value is -2.80. The maximum Gasteiger partial charge on any atom is 0.273 e. The Morgan fingerprint density at radius 1 is 1.20 bits per heavy atom. The molecule has 0 spiro atoms. The van der Waals surface area contributed by atoms with Gasteiger partial charge in [-0.05, 0) is 81.4 Å². The number of nitrogens with zero attached hydrogens (tertiary/aromatic N) is 4. The zero-order valence-electron chi connectivity index (χ0n) is 18.0. The summed E-state index contributed by atoms with van der Waals surface area (Å²) < 4.78 is 0. The average molecular weight is 407 g/mol. The fourth-order valence-electron chi connectivity index (χ4n) is 4.50. The smallest absolute Gasteiger partial charge is 0.273 e. The lowest BCUT2D eigenvalue weighted by Crippen LogP contribution is -2.20. The highest BCUT2D eigenvalue weighted by Crippen LogP contribution is 2.30. The summed E-state index contributed by atoms with van der Waals surface area (Å²) in [6.45, 7) is 10.2. The van der Waals surface area contributed by atoms with Crippen molar-refractivity contribution in [1.82, 2.24) is 25.3 Å². The van der Waals surface area contributed by atoms with Crippen molar-refractivity contribution in [2.75, 3.05) is 19.6 Å². The predicted molar refractivity (Wildman–Crippen MR) is 118 cm³/mol. The van der Waals surface area contributed by atoms with Crippen LogP contribution in [0.2, 0.25) is 0 Å². The van der Waals surface area contributed by atoms with Crippen LogP contribution in [0.15, 0.2) is 29.1 Å². The van der Waals surface area contributed by atoms with Crippen LogP contribution in [0.3, 0.4) is 0 Å². The Labute approximate surface area is 177 Å². The number of hydrazone groups is 1. The quantitative estimate of drug-likeness (QED) is 0.692. The van der Waals surface area contributed by atoms with Gasteiger partial charge in [0.15, 0.2) is 5.82 Å². The van der Waals surface area contributed by atoms with Crippen LogP contribution in [0.5, 0.6) is 0 Å². The molecule has 2 aliphatic heterocycles. The van der Waals surface area contributed by atoms with Gasteiger partial charge in [0, 0.05) is 23.8 Å². The van der Waals surface area contributed by atoms with E-state index in [9.17, 15) is 4.79 Å². The second-order valence-corrected chi connectivity index (χ2v) is 8.39. The zero-order valence-corrected chi connectivity index (χ0v) is 18.0. The summed E-state index contributed by atoms with van der Waals surface area (Å²) in [4.78, 5) is 27.1. The van der Waals surface area contributed by atoms with Gasteiger partial charge in [-0.3, -0.25) is 4.79 Å². The molecule has 0 radical (unpaired) electrons. The number of hydrogen-bond acceptors (Lipinski definition) is 5. The molecule has 2 N–H and O–H groups in total. The second-order valence-electron chi connectivity index (χ2n) is 8.39. The van der Waals surface area contributed by atoms with Crippen molar-refractivity contribution in [3.8, 4) is 0 Å². The molecule has 0 aliphatic carbocycles. The van der Waals surface area contributed by atoms with Crippen molar-refractivity contribution < 1.29 is 4.79 Å². The lowest BCUT2D eigenvalue weighted by Gasteiger charge is -2.15. The van der Waals surface area contributed by atoms with E-state index in [4.69, 9.17) is 0 Å². The summed E-state index contributed by atoms with van der Waals surface area (Å²) in [6, 6.07) is 1.75. The van der Waals surface area contributed by atoms with E-state index in [2.05, 4.69) is 51.2 Å². The molecule has 2 aromatic heterocycles. The maximum absolute atomic E-state index is 12.5. The minimum absolute atomic E-state index is 0.227. The van der Waals surface area contributed by atoms with E-state index in [1.165, 1.54) is 42.8 Å².